The minimum atomic E-state index is -0.811. The fourth-order valence-corrected chi connectivity index (χ4v) is 5.05. The molecule has 1 aliphatic rings. The predicted molar refractivity (Wildman–Crippen MR) is 136 cm³/mol. The average molecular weight is 486 g/mol. The lowest BCUT2D eigenvalue weighted by molar-refractivity contribution is -0.136. The highest BCUT2D eigenvalue weighted by Gasteiger charge is 2.27. The summed E-state index contributed by atoms with van der Waals surface area (Å²) in [7, 11) is 0. The van der Waals surface area contributed by atoms with Crippen LogP contribution >= 0.6 is 0 Å². The van der Waals surface area contributed by atoms with Crippen molar-refractivity contribution in [1.29, 1.82) is 0 Å². The third-order valence-electron chi connectivity index (χ3n) is 6.95. The number of carboxylic acid groups (broad SMARTS) is 1. The zero-order valence-corrected chi connectivity index (χ0v) is 21.3. The van der Waals surface area contributed by atoms with Crippen molar-refractivity contribution in [3.63, 3.8) is 0 Å². The van der Waals surface area contributed by atoms with Crippen molar-refractivity contribution in [3.8, 4) is 0 Å². The Labute approximate surface area is 208 Å². The number of halogens is 1. The van der Waals surface area contributed by atoms with E-state index in [0.29, 0.717) is 18.5 Å². The number of ether oxygens (including phenoxy) is 1. The highest BCUT2D eigenvalue weighted by Crippen LogP contribution is 2.29. The van der Waals surface area contributed by atoms with E-state index < -0.39 is 12.1 Å². The summed E-state index contributed by atoms with van der Waals surface area (Å²) < 4.78 is 20.2. The normalized spacial score (nSPS) is 18.0. The van der Waals surface area contributed by atoms with Crippen molar-refractivity contribution in [2.45, 2.75) is 84.0 Å². The number of carbonyl (C=O) groups is 1. The van der Waals surface area contributed by atoms with Crippen LogP contribution in [0.3, 0.4) is 0 Å². The van der Waals surface area contributed by atoms with E-state index in [0.717, 1.165) is 60.9 Å². The van der Waals surface area contributed by atoms with Crippen LogP contribution in [0.15, 0.2) is 36.4 Å². The Morgan fingerprint density at radius 1 is 1.23 bits per heavy atom. The van der Waals surface area contributed by atoms with E-state index in [9.17, 15) is 14.3 Å². The van der Waals surface area contributed by atoms with Gasteiger partial charge in [-0.25, -0.2) is 4.39 Å². The number of carboxylic acids is 1. The topological polar surface area (TPSA) is 70.0 Å². The van der Waals surface area contributed by atoms with E-state index in [1.54, 1.807) is 13.0 Å². The number of likely N-dealkylation sites (tertiary alicyclic amines) is 1. The van der Waals surface area contributed by atoms with Crippen LogP contribution in [0.1, 0.15) is 72.9 Å². The van der Waals surface area contributed by atoms with Gasteiger partial charge >= 0.3 is 5.97 Å². The van der Waals surface area contributed by atoms with Gasteiger partial charge in [-0.2, -0.15) is 0 Å². The molecule has 1 heterocycles. The highest BCUT2D eigenvalue weighted by atomic mass is 19.1. The Bertz CT molecular complexity index is 979. The summed E-state index contributed by atoms with van der Waals surface area (Å²) in [5, 5.41) is 20.0. The Kier molecular flexibility index (Phi) is 10.3. The van der Waals surface area contributed by atoms with E-state index in [4.69, 9.17) is 9.84 Å². The molecule has 2 aromatic rings. The molecule has 0 aromatic heterocycles. The van der Waals surface area contributed by atoms with Crippen LogP contribution in [-0.2, 0) is 22.4 Å². The molecule has 0 bridgehead atoms. The molecule has 1 unspecified atom stereocenters. The molecule has 0 saturated carbocycles. The van der Waals surface area contributed by atoms with Crippen molar-refractivity contribution in [3.05, 3.63) is 70.0 Å². The molecular formula is C29H40FNO4. The Balaban J connectivity index is 1.60. The zero-order chi connectivity index (χ0) is 25.4. The minimum Gasteiger partial charge on any atom is -0.481 e. The van der Waals surface area contributed by atoms with E-state index in [-0.39, 0.29) is 31.0 Å². The van der Waals surface area contributed by atoms with Gasteiger partial charge < -0.3 is 14.9 Å². The van der Waals surface area contributed by atoms with Gasteiger partial charge in [0.2, 0.25) is 0 Å². The molecule has 3 rings (SSSR count). The minimum absolute atomic E-state index is 0.0825. The van der Waals surface area contributed by atoms with E-state index in [1.165, 1.54) is 0 Å². The number of aryl methyl sites for hydroxylation is 3. The molecule has 0 radical (unpaired) electrons. The third kappa shape index (κ3) is 8.13. The summed E-state index contributed by atoms with van der Waals surface area (Å²) >= 11 is 0. The molecule has 2 aromatic carbocycles. The number of β-amino-alcohol motifs (C(OH)–C–C–N with tert-alkyl or cyclic N) is 1. The molecule has 2 N–H and O–H groups in total. The largest absolute Gasteiger partial charge is 0.481 e. The Morgan fingerprint density at radius 3 is 2.74 bits per heavy atom. The van der Waals surface area contributed by atoms with E-state index in [1.807, 2.05) is 37.3 Å². The van der Waals surface area contributed by atoms with Crippen LogP contribution in [0.5, 0.6) is 0 Å². The molecule has 0 spiro atoms. The number of aliphatic carboxylic acids is 1. The maximum Gasteiger partial charge on any atom is 0.303 e. The lowest BCUT2D eigenvalue weighted by atomic mass is 9.94. The molecule has 1 aliphatic heterocycles. The first-order valence-corrected chi connectivity index (χ1v) is 12.9. The lowest BCUT2D eigenvalue weighted by Gasteiger charge is -2.28. The number of hydrogen-bond donors (Lipinski definition) is 2. The summed E-state index contributed by atoms with van der Waals surface area (Å²) in [5.41, 5.74) is 4.77. The van der Waals surface area contributed by atoms with E-state index >= 15 is 0 Å². The number of aliphatic hydroxyl groups excluding tert-OH is 1. The number of hydrogen-bond acceptors (Lipinski definition) is 4. The van der Waals surface area contributed by atoms with Gasteiger partial charge in [-0.3, -0.25) is 9.69 Å². The summed E-state index contributed by atoms with van der Waals surface area (Å²) in [6.45, 7) is 7.54. The second kappa shape index (κ2) is 13.1. The number of rotatable bonds is 13. The van der Waals surface area contributed by atoms with Gasteiger partial charge in [-0.15, -0.1) is 0 Å². The lowest BCUT2D eigenvalue weighted by Crippen LogP contribution is -2.39. The molecular weight excluding hydrogens is 445 g/mol. The summed E-state index contributed by atoms with van der Waals surface area (Å²) in [5.74, 6) is -0.976. The van der Waals surface area contributed by atoms with Crippen molar-refractivity contribution in [1.82, 2.24) is 4.90 Å². The number of aliphatic hydroxyl groups is 1. The first-order valence-electron chi connectivity index (χ1n) is 12.9. The van der Waals surface area contributed by atoms with Crippen LogP contribution in [-0.4, -0.2) is 52.9 Å². The SMILES string of the molecule is CCC[C@@H](OCC(O)CN1CCC[C@H]1Cc1ccc(C)c(F)c1)c1ccc(C)cc1CCC(=O)O. The maximum absolute atomic E-state index is 14.0. The first-order chi connectivity index (χ1) is 16.8. The number of nitrogens with zero attached hydrogens (tertiary/aromatic N) is 1. The number of benzene rings is 2. The molecule has 5 nitrogen and oxygen atoms in total. The van der Waals surface area contributed by atoms with Crippen molar-refractivity contribution < 1.29 is 24.1 Å². The second-order valence-corrected chi connectivity index (χ2v) is 9.94. The smallest absolute Gasteiger partial charge is 0.303 e. The van der Waals surface area contributed by atoms with E-state index in [2.05, 4.69) is 11.8 Å². The van der Waals surface area contributed by atoms with Gasteiger partial charge in [0.05, 0.1) is 18.8 Å². The van der Waals surface area contributed by atoms with Crippen molar-refractivity contribution in [2.75, 3.05) is 19.7 Å². The van der Waals surface area contributed by atoms with Crippen LogP contribution in [0, 0.1) is 19.7 Å². The van der Waals surface area contributed by atoms with Crippen LogP contribution < -0.4 is 0 Å². The Hall–Kier alpha value is -2.28. The van der Waals surface area contributed by atoms with Gasteiger partial charge in [0.25, 0.3) is 0 Å². The Morgan fingerprint density at radius 2 is 2.03 bits per heavy atom. The van der Waals surface area contributed by atoms with Gasteiger partial charge in [0.15, 0.2) is 0 Å². The fourth-order valence-electron chi connectivity index (χ4n) is 5.05. The second-order valence-electron chi connectivity index (χ2n) is 9.94. The molecule has 1 saturated heterocycles. The van der Waals surface area contributed by atoms with Crippen molar-refractivity contribution in [2.24, 2.45) is 0 Å². The molecule has 192 valence electrons. The monoisotopic (exact) mass is 485 g/mol. The molecule has 1 fully saturated rings. The fraction of sp³-hybridized carbons (Fsp3) is 0.552. The van der Waals surface area contributed by atoms with Gasteiger partial charge in [0, 0.05) is 19.0 Å². The van der Waals surface area contributed by atoms with Gasteiger partial charge in [0.1, 0.15) is 5.82 Å². The maximum atomic E-state index is 14.0. The first kappa shape index (κ1) is 27.3. The molecule has 0 amide bonds. The van der Waals surface area contributed by atoms with Crippen molar-refractivity contribution >= 4 is 5.97 Å². The summed E-state index contributed by atoms with van der Waals surface area (Å²) in [6, 6.07) is 11.9. The van der Waals surface area contributed by atoms with Gasteiger partial charge in [-0.05, 0) is 80.8 Å². The van der Waals surface area contributed by atoms with Crippen LogP contribution in [0.4, 0.5) is 4.39 Å². The van der Waals surface area contributed by atoms with Crippen LogP contribution in [0.2, 0.25) is 0 Å². The third-order valence-corrected chi connectivity index (χ3v) is 6.95. The summed E-state index contributed by atoms with van der Waals surface area (Å²) in [6.07, 6.45) is 4.36. The molecule has 0 aliphatic carbocycles. The highest BCUT2D eigenvalue weighted by molar-refractivity contribution is 5.67. The standard InChI is InChI=1S/C29H40FNO4/c1-4-6-28(26-12-8-20(2)15-23(26)11-13-29(33)34)35-19-25(32)18-31-14-5-7-24(31)16-22-10-9-21(3)27(30)17-22/h8-10,12,15,17,24-25,28,32H,4-7,11,13-14,16,18-19H2,1-3H3,(H,33,34)/t24-,25?,28+/m0/s1. The zero-order valence-electron chi connectivity index (χ0n) is 21.3. The predicted octanol–water partition coefficient (Wildman–Crippen LogP) is 5.39. The molecule has 35 heavy (non-hydrogen) atoms. The molecule has 3 atom stereocenters. The van der Waals surface area contributed by atoms with Crippen LogP contribution in [0.25, 0.3) is 0 Å². The quantitative estimate of drug-likeness (QED) is 0.398. The van der Waals surface area contributed by atoms with Gasteiger partial charge in [-0.1, -0.05) is 49.2 Å². The molecule has 6 heteroatoms. The summed E-state index contributed by atoms with van der Waals surface area (Å²) in [4.78, 5) is 13.4. The average Bonchev–Trinajstić information content (AvgIpc) is 3.24.